The van der Waals surface area contributed by atoms with Crippen LogP contribution in [0.25, 0.3) is 5.76 Å². The largest absolute Gasteiger partial charge is 0.507 e. The Morgan fingerprint density at radius 1 is 1.03 bits per heavy atom. The predicted octanol–water partition coefficient (Wildman–Crippen LogP) is 2.67. The fraction of sp³-hybridized carbons (Fsp3) is 0.261. The first kappa shape index (κ1) is 23.6. The van der Waals surface area contributed by atoms with Crippen LogP contribution in [0.1, 0.15) is 27.5 Å². The molecule has 1 saturated heterocycles. The molecule has 2 N–H and O–H groups in total. The molecule has 0 aliphatic carbocycles. The lowest BCUT2D eigenvalue weighted by atomic mass is 9.94. The summed E-state index contributed by atoms with van der Waals surface area (Å²) in [7, 11) is 1.27. The highest BCUT2D eigenvalue weighted by molar-refractivity contribution is 9.10. The summed E-state index contributed by atoms with van der Waals surface area (Å²) in [5.41, 5.74) is 1.19. The molecule has 0 spiro atoms. The normalized spacial score (nSPS) is 17.6. The molecule has 1 fully saturated rings. The minimum atomic E-state index is -0.872. The number of likely N-dealkylation sites (tertiary alicyclic amines) is 1. The van der Waals surface area contributed by atoms with Crippen LogP contribution < -0.4 is 0 Å². The van der Waals surface area contributed by atoms with Crippen LogP contribution in [0.3, 0.4) is 0 Å². The van der Waals surface area contributed by atoms with Crippen LogP contribution >= 0.6 is 15.9 Å². The summed E-state index contributed by atoms with van der Waals surface area (Å²) in [5, 5.41) is 19.9. The van der Waals surface area contributed by atoms with Crippen molar-refractivity contribution in [2.45, 2.75) is 6.04 Å². The molecule has 3 rings (SSSR count). The second-order valence-electron chi connectivity index (χ2n) is 6.95. The highest BCUT2D eigenvalue weighted by Gasteiger charge is 2.45. The molecule has 1 amide bonds. The first-order valence-corrected chi connectivity index (χ1v) is 10.6. The third-order valence-corrected chi connectivity index (χ3v) is 5.55. The van der Waals surface area contributed by atoms with E-state index >= 15 is 0 Å². The monoisotopic (exact) mass is 503 g/mol. The Morgan fingerprint density at radius 3 is 2.25 bits per heavy atom. The number of methoxy groups -OCH3 is 1. The van der Waals surface area contributed by atoms with Crippen LogP contribution in [0.5, 0.6) is 0 Å². The molecule has 1 aliphatic rings. The number of halogens is 1. The number of rotatable bonds is 8. The maximum Gasteiger partial charge on any atom is 0.337 e. The van der Waals surface area contributed by atoms with Crippen molar-refractivity contribution in [3.8, 4) is 0 Å². The molecule has 0 saturated carbocycles. The zero-order chi connectivity index (χ0) is 23.3. The maximum absolute atomic E-state index is 12.9. The number of carbonyl (C=O) groups excluding carboxylic acids is 3. The van der Waals surface area contributed by atoms with Gasteiger partial charge in [-0.2, -0.15) is 0 Å². The number of amides is 1. The number of hydrogen-bond acceptors (Lipinski definition) is 7. The van der Waals surface area contributed by atoms with Crippen LogP contribution in [-0.2, 0) is 19.1 Å². The Morgan fingerprint density at radius 2 is 1.66 bits per heavy atom. The number of benzene rings is 2. The fourth-order valence-corrected chi connectivity index (χ4v) is 3.73. The molecule has 0 aromatic heterocycles. The van der Waals surface area contributed by atoms with E-state index in [2.05, 4.69) is 15.9 Å². The van der Waals surface area contributed by atoms with Gasteiger partial charge in [0.05, 0.1) is 44.1 Å². The highest BCUT2D eigenvalue weighted by atomic mass is 79.9. The van der Waals surface area contributed by atoms with Gasteiger partial charge in [0.2, 0.25) is 0 Å². The van der Waals surface area contributed by atoms with Crippen molar-refractivity contribution in [1.29, 1.82) is 0 Å². The molecule has 2 aromatic carbocycles. The van der Waals surface area contributed by atoms with Crippen LogP contribution in [-0.4, -0.2) is 66.2 Å². The lowest BCUT2D eigenvalue weighted by Gasteiger charge is -2.25. The van der Waals surface area contributed by atoms with Gasteiger partial charge in [-0.05, 0) is 29.8 Å². The van der Waals surface area contributed by atoms with E-state index in [1.54, 1.807) is 36.4 Å². The van der Waals surface area contributed by atoms with E-state index in [0.717, 1.165) is 4.47 Å². The maximum atomic E-state index is 12.9. The Balaban J connectivity index is 2.06. The number of nitrogens with zero attached hydrogens (tertiary/aromatic N) is 1. The highest BCUT2D eigenvalue weighted by Crippen LogP contribution is 2.39. The van der Waals surface area contributed by atoms with Crippen LogP contribution in [0.2, 0.25) is 0 Å². The van der Waals surface area contributed by atoms with Gasteiger partial charge in [-0.1, -0.05) is 40.2 Å². The number of ether oxygens (including phenoxy) is 2. The molecule has 168 valence electrons. The van der Waals surface area contributed by atoms with Crippen molar-refractivity contribution >= 4 is 39.3 Å². The van der Waals surface area contributed by atoms with Crippen molar-refractivity contribution < 1.29 is 34.1 Å². The topological polar surface area (TPSA) is 113 Å². The molecule has 1 atom stereocenters. The van der Waals surface area contributed by atoms with E-state index in [4.69, 9.17) is 14.6 Å². The summed E-state index contributed by atoms with van der Waals surface area (Å²) in [5.74, 6) is -2.39. The fourth-order valence-electron chi connectivity index (χ4n) is 3.47. The molecule has 8 nitrogen and oxygen atoms in total. The van der Waals surface area contributed by atoms with E-state index in [9.17, 15) is 19.5 Å². The van der Waals surface area contributed by atoms with Crippen LogP contribution in [0.15, 0.2) is 58.6 Å². The second kappa shape index (κ2) is 10.5. The van der Waals surface area contributed by atoms with Gasteiger partial charge in [0.15, 0.2) is 0 Å². The molecular formula is C23H22BrNO7. The Labute approximate surface area is 193 Å². The Hall–Kier alpha value is -3.01. The van der Waals surface area contributed by atoms with Gasteiger partial charge >= 0.3 is 5.97 Å². The lowest BCUT2D eigenvalue weighted by molar-refractivity contribution is -0.140. The summed E-state index contributed by atoms with van der Waals surface area (Å²) in [6, 6.07) is 12.1. The molecule has 2 aromatic rings. The first-order valence-electron chi connectivity index (χ1n) is 9.80. The third-order valence-electron chi connectivity index (χ3n) is 5.02. The number of aliphatic hydroxyl groups is 2. The summed E-state index contributed by atoms with van der Waals surface area (Å²) >= 11 is 3.33. The Kier molecular flexibility index (Phi) is 7.79. The molecule has 1 aliphatic heterocycles. The lowest BCUT2D eigenvalue weighted by Crippen LogP contribution is -2.33. The summed E-state index contributed by atoms with van der Waals surface area (Å²) < 4.78 is 10.8. The number of Topliss-reactive ketones (excluding diaryl/α,β-unsaturated/α-hetero) is 1. The third kappa shape index (κ3) is 4.90. The summed E-state index contributed by atoms with van der Waals surface area (Å²) in [4.78, 5) is 38.8. The van der Waals surface area contributed by atoms with Crippen LogP contribution in [0.4, 0.5) is 0 Å². The van der Waals surface area contributed by atoms with E-state index in [-0.39, 0.29) is 37.7 Å². The second-order valence-corrected chi connectivity index (χ2v) is 7.86. The SMILES string of the molecule is COC(=O)c1ccc(C2C(=C(O)c3ccc(Br)cc3)C(=O)C(=O)N2CCOCCO)cc1. The van der Waals surface area contributed by atoms with Gasteiger partial charge in [0.25, 0.3) is 11.7 Å². The van der Waals surface area contributed by atoms with E-state index in [1.807, 2.05) is 0 Å². The molecule has 1 heterocycles. The smallest absolute Gasteiger partial charge is 0.337 e. The molecule has 0 bridgehead atoms. The van der Waals surface area contributed by atoms with Gasteiger partial charge in [-0.3, -0.25) is 9.59 Å². The van der Waals surface area contributed by atoms with Crippen LogP contribution in [0, 0.1) is 0 Å². The van der Waals surface area contributed by atoms with E-state index < -0.39 is 23.7 Å². The first-order chi connectivity index (χ1) is 15.4. The van der Waals surface area contributed by atoms with Crippen molar-refractivity contribution in [1.82, 2.24) is 4.90 Å². The molecule has 1 unspecified atom stereocenters. The minimum Gasteiger partial charge on any atom is -0.507 e. The van der Waals surface area contributed by atoms with Crippen molar-refractivity contribution in [3.63, 3.8) is 0 Å². The van der Waals surface area contributed by atoms with Gasteiger partial charge in [-0.15, -0.1) is 0 Å². The molecular weight excluding hydrogens is 482 g/mol. The van der Waals surface area contributed by atoms with Gasteiger partial charge < -0.3 is 24.6 Å². The number of aliphatic hydroxyl groups excluding tert-OH is 2. The summed E-state index contributed by atoms with van der Waals surface area (Å²) in [6.07, 6.45) is 0. The number of esters is 1. The molecule has 32 heavy (non-hydrogen) atoms. The van der Waals surface area contributed by atoms with Gasteiger partial charge in [0.1, 0.15) is 5.76 Å². The van der Waals surface area contributed by atoms with Crippen molar-refractivity contribution in [2.24, 2.45) is 0 Å². The average molecular weight is 504 g/mol. The molecule has 9 heteroatoms. The quantitative estimate of drug-likeness (QED) is 0.187. The Bertz CT molecular complexity index is 1030. The number of carbonyl (C=O) groups is 3. The number of hydrogen-bond donors (Lipinski definition) is 2. The number of ketones is 1. The zero-order valence-corrected chi connectivity index (χ0v) is 18.9. The van der Waals surface area contributed by atoms with E-state index in [1.165, 1.54) is 24.1 Å². The van der Waals surface area contributed by atoms with Crippen molar-refractivity contribution in [3.05, 3.63) is 75.3 Å². The van der Waals surface area contributed by atoms with Crippen molar-refractivity contribution in [2.75, 3.05) is 33.5 Å². The predicted molar refractivity (Wildman–Crippen MR) is 119 cm³/mol. The minimum absolute atomic E-state index is 0.0506. The van der Waals surface area contributed by atoms with Gasteiger partial charge in [-0.25, -0.2) is 4.79 Å². The van der Waals surface area contributed by atoms with E-state index in [0.29, 0.717) is 16.7 Å². The zero-order valence-electron chi connectivity index (χ0n) is 17.3. The van der Waals surface area contributed by atoms with Gasteiger partial charge in [0, 0.05) is 16.6 Å². The molecule has 0 radical (unpaired) electrons. The average Bonchev–Trinajstić information content (AvgIpc) is 3.06. The standard InChI is InChI=1S/C23H22BrNO7/c1-31-23(30)16-4-2-14(3-5-16)19-18(20(27)15-6-8-17(24)9-7-15)21(28)22(29)25(19)10-12-32-13-11-26/h2-9,19,26-27H,10-13H2,1H3. The summed E-state index contributed by atoms with van der Waals surface area (Å²) in [6.45, 7) is 0.107.